The molecule has 1 fully saturated rings. The van der Waals surface area contributed by atoms with Gasteiger partial charge in [-0.15, -0.1) is 0 Å². The number of amides is 3. The van der Waals surface area contributed by atoms with Gasteiger partial charge in [0.05, 0.1) is 19.2 Å². The average Bonchev–Trinajstić information content (AvgIpc) is 2.88. The summed E-state index contributed by atoms with van der Waals surface area (Å²) in [6.07, 6.45) is -0.163. The van der Waals surface area contributed by atoms with Gasteiger partial charge in [0.2, 0.25) is 11.8 Å². The number of aliphatic imine (C=N–C) groups is 1. The highest BCUT2D eigenvalue weighted by Gasteiger charge is 2.37. The second-order valence-electron chi connectivity index (χ2n) is 7.44. The molecule has 0 aromatic heterocycles. The van der Waals surface area contributed by atoms with Gasteiger partial charge in [0, 0.05) is 11.3 Å². The fourth-order valence-corrected chi connectivity index (χ4v) is 4.25. The molecule has 0 aliphatic carbocycles. The van der Waals surface area contributed by atoms with E-state index in [4.69, 9.17) is 4.74 Å². The van der Waals surface area contributed by atoms with Gasteiger partial charge in [0.1, 0.15) is 16.8 Å². The lowest BCUT2D eigenvalue weighted by atomic mass is 10.2. The van der Waals surface area contributed by atoms with Gasteiger partial charge in [-0.1, -0.05) is 30.0 Å². The number of nitrogens with zero attached hydrogens (tertiary/aromatic N) is 2. The van der Waals surface area contributed by atoms with Gasteiger partial charge >= 0.3 is 0 Å². The highest BCUT2D eigenvalue weighted by molar-refractivity contribution is 8.15. The Morgan fingerprint density at radius 2 is 1.71 bits per heavy atom. The Hall–Kier alpha value is -4.18. The third-order valence-electron chi connectivity index (χ3n) is 5.00. The molecule has 3 aromatic carbocycles. The van der Waals surface area contributed by atoms with E-state index in [2.05, 4.69) is 15.7 Å². The first-order valence-electron chi connectivity index (χ1n) is 10.6. The minimum Gasteiger partial charge on any atom is -0.497 e. The number of anilines is 1. The van der Waals surface area contributed by atoms with Crippen LogP contribution in [0.2, 0.25) is 0 Å². The molecule has 1 unspecified atom stereocenters. The third-order valence-corrected chi connectivity index (χ3v) is 6.15. The third kappa shape index (κ3) is 6.04. The van der Waals surface area contributed by atoms with E-state index in [0.29, 0.717) is 22.7 Å². The number of amidine groups is 1. The van der Waals surface area contributed by atoms with E-state index in [1.807, 2.05) is 0 Å². The number of hydrazine groups is 1. The van der Waals surface area contributed by atoms with Crippen LogP contribution >= 0.6 is 11.8 Å². The van der Waals surface area contributed by atoms with Crippen molar-refractivity contribution in [2.75, 3.05) is 12.4 Å². The number of methoxy groups -OCH3 is 1. The van der Waals surface area contributed by atoms with E-state index in [-0.39, 0.29) is 11.6 Å². The second kappa shape index (κ2) is 10.8. The monoisotopic (exact) mass is 492 g/mol. The summed E-state index contributed by atoms with van der Waals surface area (Å²) in [5, 5.41) is 3.10. The number of nitrogens with one attached hydrogen (secondary N) is 2. The molecule has 0 spiro atoms. The molecule has 35 heavy (non-hydrogen) atoms. The zero-order valence-corrected chi connectivity index (χ0v) is 19.4. The first-order valence-corrected chi connectivity index (χ1v) is 11.5. The first kappa shape index (κ1) is 24.0. The van der Waals surface area contributed by atoms with Crippen LogP contribution in [0, 0.1) is 5.82 Å². The van der Waals surface area contributed by atoms with E-state index in [1.54, 1.807) is 61.7 Å². The summed E-state index contributed by atoms with van der Waals surface area (Å²) in [6.45, 7) is 0. The van der Waals surface area contributed by atoms with Crippen molar-refractivity contribution in [3.63, 3.8) is 0 Å². The fraction of sp³-hybridized carbons (Fsp3) is 0.120. The molecule has 3 aromatic rings. The Balaban J connectivity index is 1.57. The van der Waals surface area contributed by atoms with Crippen molar-refractivity contribution in [2.45, 2.75) is 11.7 Å². The van der Waals surface area contributed by atoms with Crippen LogP contribution in [0.3, 0.4) is 0 Å². The number of ether oxygens (including phenoxy) is 1. The van der Waals surface area contributed by atoms with E-state index >= 15 is 0 Å². The summed E-state index contributed by atoms with van der Waals surface area (Å²) in [5.74, 6) is -1.21. The van der Waals surface area contributed by atoms with Gasteiger partial charge in [0.25, 0.3) is 5.91 Å². The summed E-state index contributed by atoms with van der Waals surface area (Å²) in [5.41, 5.74) is 3.82. The Morgan fingerprint density at radius 1 is 1.03 bits per heavy atom. The Labute approximate surface area is 205 Å². The van der Waals surface area contributed by atoms with Crippen LogP contribution in [0.1, 0.15) is 16.8 Å². The number of hydrogen-bond acceptors (Lipinski definition) is 6. The van der Waals surface area contributed by atoms with Gasteiger partial charge in [-0.05, 0) is 60.7 Å². The Morgan fingerprint density at radius 3 is 2.37 bits per heavy atom. The number of benzene rings is 3. The molecule has 0 bridgehead atoms. The van der Waals surface area contributed by atoms with Gasteiger partial charge in [-0.25, -0.2) is 9.38 Å². The molecule has 1 heterocycles. The molecule has 178 valence electrons. The molecule has 1 aliphatic heterocycles. The van der Waals surface area contributed by atoms with Crippen molar-refractivity contribution in [3.05, 3.63) is 90.2 Å². The van der Waals surface area contributed by atoms with E-state index in [0.717, 1.165) is 16.8 Å². The van der Waals surface area contributed by atoms with E-state index < -0.39 is 28.8 Å². The number of carbonyl (C=O) groups is 3. The SMILES string of the molecule is COc1ccc(NC(=O)C2CC(=O)N(NC(=O)c3ccccc3)C(=Nc3ccc(F)cc3)S2)cc1. The topological polar surface area (TPSA) is 100 Å². The summed E-state index contributed by atoms with van der Waals surface area (Å²) < 4.78 is 18.5. The van der Waals surface area contributed by atoms with Crippen LogP contribution in [0.15, 0.2) is 83.9 Å². The highest BCUT2D eigenvalue weighted by Crippen LogP contribution is 2.29. The molecule has 1 saturated heterocycles. The predicted molar refractivity (Wildman–Crippen MR) is 132 cm³/mol. The van der Waals surface area contributed by atoms with Crippen molar-refractivity contribution >= 4 is 46.0 Å². The summed E-state index contributed by atoms with van der Waals surface area (Å²) >= 11 is 1.02. The maximum atomic E-state index is 13.4. The zero-order valence-electron chi connectivity index (χ0n) is 18.6. The van der Waals surface area contributed by atoms with E-state index in [9.17, 15) is 18.8 Å². The highest BCUT2D eigenvalue weighted by atomic mass is 32.2. The minimum absolute atomic E-state index is 0.0898. The van der Waals surface area contributed by atoms with Gasteiger partial charge in [-0.2, -0.15) is 5.01 Å². The fourth-order valence-electron chi connectivity index (χ4n) is 3.19. The molecule has 2 N–H and O–H groups in total. The van der Waals surface area contributed by atoms with Crippen molar-refractivity contribution in [1.82, 2.24) is 10.4 Å². The number of hydrogen-bond donors (Lipinski definition) is 2. The number of thioether (sulfide) groups is 1. The van der Waals surface area contributed by atoms with Crippen LogP contribution in [0.25, 0.3) is 0 Å². The Kier molecular flexibility index (Phi) is 7.41. The second-order valence-corrected chi connectivity index (χ2v) is 8.61. The molecule has 1 aliphatic rings. The molecule has 0 saturated carbocycles. The van der Waals surface area contributed by atoms with Crippen molar-refractivity contribution in [2.24, 2.45) is 4.99 Å². The summed E-state index contributed by atoms with van der Waals surface area (Å²) in [6, 6.07) is 20.5. The molecular formula is C25H21FN4O4S. The largest absolute Gasteiger partial charge is 0.497 e. The van der Waals surface area contributed by atoms with Crippen LogP contribution in [0.5, 0.6) is 5.75 Å². The standard InChI is InChI=1S/C25H21FN4O4S/c1-34-20-13-11-18(12-14-20)27-24(33)21-15-22(31)30(29-23(32)16-5-3-2-4-6-16)25(35-21)28-19-9-7-17(26)8-10-19/h2-14,21H,15H2,1H3,(H,27,33)(H,29,32). The normalized spacial score (nSPS) is 16.6. The molecule has 3 amide bonds. The molecule has 1 atom stereocenters. The number of carbonyl (C=O) groups excluding carboxylic acids is 3. The number of halogens is 1. The quantitative estimate of drug-likeness (QED) is 0.539. The summed E-state index contributed by atoms with van der Waals surface area (Å²) in [7, 11) is 1.54. The minimum atomic E-state index is -0.798. The van der Waals surface area contributed by atoms with Crippen LogP contribution < -0.4 is 15.5 Å². The average molecular weight is 493 g/mol. The molecule has 10 heteroatoms. The predicted octanol–water partition coefficient (Wildman–Crippen LogP) is 4.14. The van der Waals surface area contributed by atoms with Crippen molar-refractivity contribution in [3.8, 4) is 5.75 Å². The molecule has 0 radical (unpaired) electrons. The zero-order chi connectivity index (χ0) is 24.8. The van der Waals surface area contributed by atoms with Crippen molar-refractivity contribution < 1.29 is 23.5 Å². The molecule has 4 rings (SSSR count). The summed E-state index contributed by atoms with van der Waals surface area (Å²) in [4.78, 5) is 43.1. The molecular weight excluding hydrogens is 471 g/mol. The Bertz CT molecular complexity index is 1250. The van der Waals surface area contributed by atoms with Crippen LogP contribution in [-0.2, 0) is 9.59 Å². The maximum absolute atomic E-state index is 13.4. The molecule has 8 nitrogen and oxygen atoms in total. The van der Waals surface area contributed by atoms with E-state index in [1.165, 1.54) is 24.3 Å². The van der Waals surface area contributed by atoms with Gasteiger partial charge in [-0.3, -0.25) is 19.8 Å². The lowest BCUT2D eigenvalue weighted by Crippen LogP contribution is -2.53. The lowest BCUT2D eigenvalue weighted by Gasteiger charge is -2.31. The van der Waals surface area contributed by atoms with Crippen LogP contribution in [-0.4, -0.2) is 40.3 Å². The smallest absolute Gasteiger partial charge is 0.270 e. The lowest BCUT2D eigenvalue weighted by molar-refractivity contribution is -0.130. The maximum Gasteiger partial charge on any atom is 0.270 e. The van der Waals surface area contributed by atoms with Gasteiger partial charge < -0.3 is 10.1 Å². The van der Waals surface area contributed by atoms with Gasteiger partial charge in [0.15, 0.2) is 5.17 Å². The first-order chi connectivity index (χ1) is 16.9. The van der Waals surface area contributed by atoms with Crippen molar-refractivity contribution in [1.29, 1.82) is 0 Å². The number of rotatable bonds is 6. The van der Waals surface area contributed by atoms with Crippen LogP contribution in [0.4, 0.5) is 15.8 Å².